The number of anilines is 1. The molecule has 3 rings (SSSR count). The van der Waals surface area contributed by atoms with Gasteiger partial charge in [-0.05, 0) is 40.8 Å². The number of phenols is 1. The molecule has 3 aromatic rings. The number of benzene rings is 2. The predicted molar refractivity (Wildman–Crippen MR) is 73.3 cm³/mol. The molecule has 0 unspecified atom stereocenters. The van der Waals surface area contributed by atoms with Crippen molar-refractivity contribution in [3.63, 3.8) is 0 Å². The quantitative estimate of drug-likeness (QED) is 0.682. The number of pyridine rings is 1. The van der Waals surface area contributed by atoms with Crippen LogP contribution in [0.15, 0.2) is 54.7 Å². The van der Waals surface area contributed by atoms with Gasteiger partial charge in [-0.3, -0.25) is 0 Å². The van der Waals surface area contributed by atoms with Crippen LogP contribution in [-0.4, -0.2) is 10.1 Å². The molecule has 1 heterocycles. The monoisotopic (exact) mass is 236 g/mol. The summed E-state index contributed by atoms with van der Waals surface area (Å²) in [6.07, 6.45) is 1.71. The van der Waals surface area contributed by atoms with E-state index >= 15 is 0 Å². The lowest BCUT2D eigenvalue weighted by molar-refractivity contribution is 0.475. The first kappa shape index (κ1) is 10.6. The van der Waals surface area contributed by atoms with Crippen molar-refractivity contribution in [1.82, 2.24) is 4.98 Å². The van der Waals surface area contributed by atoms with Crippen LogP contribution in [0.1, 0.15) is 0 Å². The number of hydrogen-bond donors (Lipinski definition) is 2. The zero-order valence-corrected chi connectivity index (χ0v) is 9.67. The lowest BCUT2D eigenvalue weighted by Gasteiger charge is -2.05. The van der Waals surface area contributed by atoms with Crippen LogP contribution in [0.5, 0.6) is 5.75 Å². The third-order valence-electron chi connectivity index (χ3n) is 3.00. The minimum atomic E-state index is 0.271. The van der Waals surface area contributed by atoms with E-state index in [4.69, 9.17) is 5.73 Å². The van der Waals surface area contributed by atoms with Crippen molar-refractivity contribution in [1.29, 1.82) is 0 Å². The van der Waals surface area contributed by atoms with Crippen LogP contribution in [-0.2, 0) is 0 Å². The fraction of sp³-hybridized carbons (Fsp3) is 0. The number of nitrogen functional groups attached to an aromatic ring is 1. The van der Waals surface area contributed by atoms with E-state index in [0.717, 1.165) is 21.9 Å². The molecular weight excluding hydrogens is 224 g/mol. The molecule has 3 N–H and O–H groups in total. The Kier molecular flexibility index (Phi) is 2.38. The van der Waals surface area contributed by atoms with Gasteiger partial charge in [0.1, 0.15) is 11.6 Å². The Balaban J connectivity index is 2.16. The van der Waals surface area contributed by atoms with Crippen molar-refractivity contribution >= 4 is 16.6 Å². The fourth-order valence-electron chi connectivity index (χ4n) is 2.03. The van der Waals surface area contributed by atoms with E-state index in [2.05, 4.69) is 11.1 Å². The van der Waals surface area contributed by atoms with Crippen molar-refractivity contribution < 1.29 is 5.11 Å². The van der Waals surface area contributed by atoms with E-state index in [1.54, 1.807) is 18.3 Å². The van der Waals surface area contributed by atoms with Gasteiger partial charge in [-0.15, -0.1) is 0 Å². The number of fused-ring (bicyclic) bond motifs is 1. The average Bonchev–Trinajstić information content (AvgIpc) is 2.39. The van der Waals surface area contributed by atoms with Crippen molar-refractivity contribution in [2.45, 2.75) is 0 Å². The summed E-state index contributed by atoms with van der Waals surface area (Å²) in [6, 6.07) is 15.1. The Bertz CT molecular complexity index is 705. The van der Waals surface area contributed by atoms with E-state index < -0.39 is 0 Å². The highest BCUT2D eigenvalue weighted by Gasteiger charge is 2.02. The summed E-state index contributed by atoms with van der Waals surface area (Å²) in [4.78, 5) is 4.07. The first-order chi connectivity index (χ1) is 8.74. The Morgan fingerprint density at radius 2 is 1.61 bits per heavy atom. The molecule has 2 aromatic carbocycles. The van der Waals surface area contributed by atoms with E-state index in [1.807, 2.05) is 30.3 Å². The van der Waals surface area contributed by atoms with Crippen LogP contribution < -0.4 is 5.73 Å². The molecule has 18 heavy (non-hydrogen) atoms. The summed E-state index contributed by atoms with van der Waals surface area (Å²) >= 11 is 0. The molecule has 1 aromatic heterocycles. The summed E-state index contributed by atoms with van der Waals surface area (Å²) in [7, 11) is 0. The van der Waals surface area contributed by atoms with Crippen LogP contribution in [0.25, 0.3) is 21.9 Å². The first-order valence-corrected chi connectivity index (χ1v) is 5.68. The molecule has 88 valence electrons. The summed E-state index contributed by atoms with van der Waals surface area (Å²) in [5, 5.41) is 11.3. The molecule has 3 nitrogen and oxygen atoms in total. The number of rotatable bonds is 1. The second-order valence-electron chi connectivity index (χ2n) is 4.18. The minimum Gasteiger partial charge on any atom is -0.508 e. The molecular formula is C15H12N2O. The van der Waals surface area contributed by atoms with Crippen molar-refractivity contribution in [3.05, 3.63) is 54.7 Å². The summed E-state index contributed by atoms with van der Waals surface area (Å²) < 4.78 is 0. The predicted octanol–water partition coefficient (Wildman–Crippen LogP) is 3.19. The zero-order chi connectivity index (χ0) is 12.5. The molecule has 0 aliphatic heterocycles. The summed E-state index contributed by atoms with van der Waals surface area (Å²) in [5.74, 6) is 0.817. The Hall–Kier alpha value is -2.55. The molecule has 0 spiro atoms. The van der Waals surface area contributed by atoms with Crippen LogP contribution >= 0.6 is 0 Å². The second-order valence-corrected chi connectivity index (χ2v) is 4.18. The van der Waals surface area contributed by atoms with Crippen molar-refractivity contribution in [2.24, 2.45) is 0 Å². The number of hydrogen-bond acceptors (Lipinski definition) is 3. The third kappa shape index (κ3) is 1.76. The van der Waals surface area contributed by atoms with Crippen LogP contribution in [0.4, 0.5) is 5.82 Å². The topological polar surface area (TPSA) is 59.1 Å². The second kappa shape index (κ2) is 4.04. The average molecular weight is 236 g/mol. The number of phenolic OH excluding ortho intramolecular Hbond substituents is 1. The SMILES string of the molecule is Nc1nccc2cc(-c3ccc(O)cc3)ccc12. The maximum absolute atomic E-state index is 9.29. The molecule has 0 aliphatic carbocycles. The van der Waals surface area contributed by atoms with Crippen molar-refractivity contribution in [2.75, 3.05) is 5.73 Å². The fourth-order valence-corrected chi connectivity index (χ4v) is 2.03. The molecule has 0 aliphatic rings. The Labute approximate surface area is 105 Å². The molecule has 0 saturated carbocycles. The zero-order valence-electron chi connectivity index (χ0n) is 9.67. The smallest absolute Gasteiger partial charge is 0.131 e. The molecule has 3 heteroatoms. The normalized spacial score (nSPS) is 10.7. The van der Waals surface area contributed by atoms with Gasteiger partial charge in [-0.2, -0.15) is 0 Å². The number of aromatic nitrogens is 1. The van der Waals surface area contributed by atoms with E-state index in [-0.39, 0.29) is 5.75 Å². The molecule has 0 saturated heterocycles. The van der Waals surface area contributed by atoms with Gasteiger partial charge in [-0.1, -0.05) is 24.3 Å². The summed E-state index contributed by atoms with van der Waals surface area (Å²) in [5.41, 5.74) is 7.97. The van der Waals surface area contributed by atoms with Gasteiger partial charge in [0.05, 0.1) is 0 Å². The van der Waals surface area contributed by atoms with Crippen LogP contribution in [0.2, 0.25) is 0 Å². The molecule has 0 fully saturated rings. The van der Waals surface area contributed by atoms with Crippen molar-refractivity contribution in [3.8, 4) is 16.9 Å². The van der Waals surface area contributed by atoms with Gasteiger partial charge in [0.15, 0.2) is 0 Å². The highest BCUT2D eigenvalue weighted by molar-refractivity contribution is 5.93. The maximum atomic E-state index is 9.29. The van der Waals surface area contributed by atoms with Crippen LogP contribution in [0, 0.1) is 0 Å². The van der Waals surface area contributed by atoms with Gasteiger partial charge in [0.2, 0.25) is 0 Å². The first-order valence-electron chi connectivity index (χ1n) is 5.68. The Morgan fingerprint density at radius 3 is 2.39 bits per heavy atom. The molecule has 0 atom stereocenters. The molecule has 0 radical (unpaired) electrons. The van der Waals surface area contributed by atoms with E-state index in [0.29, 0.717) is 5.82 Å². The highest BCUT2D eigenvalue weighted by Crippen LogP contribution is 2.27. The lowest BCUT2D eigenvalue weighted by Crippen LogP contribution is -1.90. The van der Waals surface area contributed by atoms with Gasteiger partial charge in [0.25, 0.3) is 0 Å². The van der Waals surface area contributed by atoms with E-state index in [1.165, 1.54) is 0 Å². The molecule has 0 bridgehead atoms. The lowest BCUT2D eigenvalue weighted by atomic mass is 10.0. The summed E-state index contributed by atoms with van der Waals surface area (Å²) in [6.45, 7) is 0. The largest absolute Gasteiger partial charge is 0.508 e. The maximum Gasteiger partial charge on any atom is 0.131 e. The highest BCUT2D eigenvalue weighted by atomic mass is 16.3. The Morgan fingerprint density at radius 1 is 0.889 bits per heavy atom. The van der Waals surface area contributed by atoms with E-state index in [9.17, 15) is 5.11 Å². The number of nitrogens with zero attached hydrogens (tertiary/aromatic N) is 1. The molecule has 0 amide bonds. The number of aromatic hydroxyl groups is 1. The number of nitrogens with two attached hydrogens (primary N) is 1. The van der Waals surface area contributed by atoms with Gasteiger partial charge >= 0.3 is 0 Å². The third-order valence-corrected chi connectivity index (χ3v) is 3.00. The van der Waals surface area contributed by atoms with Crippen LogP contribution in [0.3, 0.4) is 0 Å². The van der Waals surface area contributed by atoms with Gasteiger partial charge < -0.3 is 10.8 Å². The van der Waals surface area contributed by atoms with Gasteiger partial charge in [-0.25, -0.2) is 4.98 Å². The van der Waals surface area contributed by atoms with Gasteiger partial charge in [0, 0.05) is 11.6 Å². The standard InChI is InChI=1S/C15H12N2O/c16-15-14-6-3-11(9-12(14)7-8-17-15)10-1-4-13(18)5-2-10/h1-9,18H,(H2,16,17). The minimum absolute atomic E-state index is 0.271.